The van der Waals surface area contributed by atoms with Gasteiger partial charge in [-0.05, 0) is 12.8 Å². The molecule has 0 aromatic heterocycles. The molecule has 0 bridgehead atoms. The minimum Gasteiger partial charge on any atom is -0.354 e. The molecule has 0 aromatic carbocycles. The molecular weight excluding hydrogens is 312 g/mol. The molecule has 2 N–H and O–H groups in total. The van der Waals surface area contributed by atoms with Crippen molar-refractivity contribution in [1.29, 1.82) is 0 Å². The maximum Gasteiger partial charge on any atom is 0.324 e. The fraction of sp³-hybridized carbons (Fsp3) is 0.750. The number of carbonyl (C=O) groups excluding carboxylic acids is 3. The number of sulfonamides is 1. The van der Waals surface area contributed by atoms with Gasteiger partial charge in [0.1, 0.15) is 0 Å². The molecule has 2 fully saturated rings. The van der Waals surface area contributed by atoms with Gasteiger partial charge in [-0.2, -0.15) is 0 Å². The molecule has 0 aromatic rings. The molecule has 0 aliphatic carbocycles. The molecule has 124 valence electrons. The van der Waals surface area contributed by atoms with Gasteiger partial charge in [-0.15, -0.1) is 0 Å². The van der Waals surface area contributed by atoms with Gasteiger partial charge in [0, 0.05) is 32.1 Å². The maximum atomic E-state index is 12.0. The van der Waals surface area contributed by atoms with E-state index in [9.17, 15) is 22.8 Å². The fourth-order valence-electron chi connectivity index (χ4n) is 2.57. The minimum atomic E-state index is -3.20. The van der Waals surface area contributed by atoms with Crippen LogP contribution in [0.15, 0.2) is 0 Å². The Bertz CT molecular complexity index is 552. The Morgan fingerprint density at radius 2 is 1.95 bits per heavy atom. The highest BCUT2D eigenvalue weighted by Crippen LogP contribution is 2.19. The second-order valence-corrected chi connectivity index (χ2v) is 7.41. The molecule has 9 nitrogen and oxygen atoms in total. The Hall–Kier alpha value is -1.68. The van der Waals surface area contributed by atoms with Crippen molar-refractivity contribution < 1.29 is 22.8 Å². The predicted molar refractivity (Wildman–Crippen MR) is 77.3 cm³/mol. The van der Waals surface area contributed by atoms with Crippen molar-refractivity contribution >= 4 is 27.9 Å². The van der Waals surface area contributed by atoms with E-state index in [1.807, 2.05) is 0 Å². The van der Waals surface area contributed by atoms with Gasteiger partial charge >= 0.3 is 6.03 Å². The topological polar surface area (TPSA) is 116 Å². The normalized spacial score (nSPS) is 21.0. The van der Waals surface area contributed by atoms with Crippen LogP contribution in [0.25, 0.3) is 0 Å². The number of amides is 4. The van der Waals surface area contributed by atoms with Crippen molar-refractivity contribution in [2.24, 2.45) is 5.92 Å². The van der Waals surface area contributed by atoms with E-state index < -0.39 is 16.1 Å². The molecular formula is C12H20N4O5S. The number of carbonyl (C=O) groups is 3. The first-order valence-corrected chi connectivity index (χ1v) is 8.95. The zero-order chi connectivity index (χ0) is 16.3. The Balaban J connectivity index is 1.72. The number of urea groups is 1. The molecule has 0 atom stereocenters. The third-order valence-corrected chi connectivity index (χ3v) is 5.17. The quantitative estimate of drug-likeness (QED) is 0.584. The van der Waals surface area contributed by atoms with Crippen LogP contribution < -0.4 is 10.6 Å². The van der Waals surface area contributed by atoms with Crippen LogP contribution in [0.3, 0.4) is 0 Å². The van der Waals surface area contributed by atoms with Crippen LogP contribution in [0.2, 0.25) is 0 Å². The summed E-state index contributed by atoms with van der Waals surface area (Å²) in [6.07, 6.45) is 2.11. The SMILES string of the molecule is CS(=O)(=O)N1CCC(C(=O)NCCN2C(=O)CNC2=O)CC1. The van der Waals surface area contributed by atoms with E-state index in [1.165, 1.54) is 4.31 Å². The van der Waals surface area contributed by atoms with Crippen LogP contribution in [-0.4, -0.2) is 74.4 Å². The van der Waals surface area contributed by atoms with Crippen LogP contribution >= 0.6 is 0 Å². The molecule has 2 aliphatic rings. The van der Waals surface area contributed by atoms with Crippen LogP contribution in [0.1, 0.15) is 12.8 Å². The summed E-state index contributed by atoms with van der Waals surface area (Å²) in [6, 6.07) is -0.444. The van der Waals surface area contributed by atoms with Crippen molar-refractivity contribution in [1.82, 2.24) is 19.8 Å². The van der Waals surface area contributed by atoms with Crippen LogP contribution in [-0.2, 0) is 19.6 Å². The van der Waals surface area contributed by atoms with Gasteiger partial charge in [0.2, 0.25) is 21.8 Å². The van der Waals surface area contributed by atoms with Crippen molar-refractivity contribution in [3.05, 3.63) is 0 Å². The lowest BCUT2D eigenvalue weighted by Gasteiger charge is -2.29. The second kappa shape index (κ2) is 6.61. The molecule has 0 saturated carbocycles. The second-order valence-electron chi connectivity index (χ2n) is 5.43. The van der Waals surface area contributed by atoms with Crippen molar-refractivity contribution in [3.8, 4) is 0 Å². The van der Waals surface area contributed by atoms with E-state index in [0.717, 1.165) is 11.2 Å². The molecule has 22 heavy (non-hydrogen) atoms. The van der Waals surface area contributed by atoms with Gasteiger partial charge in [0.05, 0.1) is 12.8 Å². The number of hydrogen-bond acceptors (Lipinski definition) is 5. The Labute approximate surface area is 129 Å². The third kappa shape index (κ3) is 3.95. The Kier molecular flexibility index (Phi) is 5.01. The lowest BCUT2D eigenvalue weighted by Crippen LogP contribution is -2.44. The average Bonchev–Trinajstić information content (AvgIpc) is 2.78. The van der Waals surface area contributed by atoms with E-state index >= 15 is 0 Å². The highest BCUT2D eigenvalue weighted by atomic mass is 32.2. The van der Waals surface area contributed by atoms with Crippen molar-refractivity contribution in [3.63, 3.8) is 0 Å². The smallest absolute Gasteiger partial charge is 0.324 e. The first kappa shape index (κ1) is 16.7. The molecule has 2 saturated heterocycles. The molecule has 4 amide bonds. The van der Waals surface area contributed by atoms with Gasteiger partial charge in [-0.1, -0.05) is 0 Å². The predicted octanol–water partition coefficient (Wildman–Crippen LogP) is -1.67. The zero-order valence-electron chi connectivity index (χ0n) is 12.4. The lowest BCUT2D eigenvalue weighted by atomic mass is 9.97. The molecule has 0 unspecified atom stereocenters. The number of piperidine rings is 1. The summed E-state index contributed by atoms with van der Waals surface area (Å²) >= 11 is 0. The number of nitrogens with one attached hydrogen (secondary N) is 2. The zero-order valence-corrected chi connectivity index (χ0v) is 13.2. The van der Waals surface area contributed by atoms with Crippen LogP contribution in [0.4, 0.5) is 4.79 Å². The van der Waals surface area contributed by atoms with Gasteiger partial charge < -0.3 is 10.6 Å². The molecule has 0 radical (unpaired) electrons. The highest BCUT2D eigenvalue weighted by molar-refractivity contribution is 7.88. The van der Waals surface area contributed by atoms with E-state index in [0.29, 0.717) is 25.9 Å². The van der Waals surface area contributed by atoms with Gasteiger partial charge in [-0.3, -0.25) is 14.5 Å². The number of imide groups is 1. The summed E-state index contributed by atoms with van der Waals surface area (Å²) in [4.78, 5) is 35.7. The summed E-state index contributed by atoms with van der Waals surface area (Å²) in [5.41, 5.74) is 0. The number of hydrogen-bond donors (Lipinski definition) is 2. The van der Waals surface area contributed by atoms with Crippen LogP contribution in [0.5, 0.6) is 0 Å². The minimum absolute atomic E-state index is 0.00324. The first-order chi connectivity index (χ1) is 10.3. The Morgan fingerprint density at radius 3 is 2.45 bits per heavy atom. The van der Waals surface area contributed by atoms with Gasteiger partial charge in [0.15, 0.2) is 0 Å². The summed E-state index contributed by atoms with van der Waals surface area (Å²) in [5, 5.41) is 5.10. The largest absolute Gasteiger partial charge is 0.354 e. The first-order valence-electron chi connectivity index (χ1n) is 7.10. The van der Waals surface area contributed by atoms with Crippen molar-refractivity contribution in [2.45, 2.75) is 12.8 Å². The highest BCUT2D eigenvalue weighted by Gasteiger charge is 2.30. The average molecular weight is 332 g/mol. The summed E-state index contributed by atoms with van der Waals surface area (Å²) < 4.78 is 24.2. The van der Waals surface area contributed by atoms with Gasteiger partial charge in [0.25, 0.3) is 0 Å². The molecule has 2 aliphatic heterocycles. The standard InChI is InChI=1S/C12H20N4O5S/c1-22(20,21)15-5-2-9(3-6-15)11(18)13-4-7-16-10(17)8-14-12(16)19/h9H,2-8H2,1H3,(H,13,18)(H,14,19). The number of nitrogens with zero attached hydrogens (tertiary/aromatic N) is 2. The van der Waals surface area contributed by atoms with Crippen LogP contribution in [0, 0.1) is 5.92 Å². The van der Waals surface area contributed by atoms with E-state index in [4.69, 9.17) is 0 Å². The molecule has 2 heterocycles. The number of rotatable bonds is 5. The monoisotopic (exact) mass is 332 g/mol. The third-order valence-electron chi connectivity index (χ3n) is 3.87. The Morgan fingerprint density at radius 1 is 1.32 bits per heavy atom. The van der Waals surface area contributed by atoms with E-state index in [1.54, 1.807) is 0 Å². The van der Waals surface area contributed by atoms with E-state index in [-0.39, 0.29) is 37.4 Å². The van der Waals surface area contributed by atoms with Crippen molar-refractivity contribution in [2.75, 3.05) is 39.0 Å². The lowest BCUT2D eigenvalue weighted by molar-refractivity contribution is -0.127. The maximum absolute atomic E-state index is 12.0. The van der Waals surface area contributed by atoms with E-state index in [2.05, 4.69) is 10.6 Å². The fourth-order valence-corrected chi connectivity index (χ4v) is 3.44. The molecule has 2 rings (SSSR count). The summed E-state index contributed by atoms with van der Waals surface area (Å²) in [6.45, 7) is 1.01. The van der Waals surface area contributed by atoms with Gasteiger partial charge in [-0.25, -0.2) is 17.5 Å². The summed E-state index contributed by atoms with van der Waals surface area (Å²) in [5.74, 6) is -0.706. The molecule has 10 heteroatoms. The summed E-state index contributed by atoms with van der Waals surface area (Å²) in [7, 11) is -3.20. The molecule has 0 spiro atoms.